The maximum Gasteiger partial charge on any atom is 0.0447 e. The molecule has 0 radical (unpaired) electrons. The summed E-state index contributed by atoms with van der Waals surface area (Å²) in [4.78, 5) is 4.29. The monoisotopic (exact) mass is 258 g/mol. The highest BCUT2D eigenvalue weighted by Gasteiger charge is 2.08. The molecule has 1 N–H and O–H groups in total. The second-order valence-corrected chi connectivity index (χ2v) is 4.36. The summed E-state index contributed by atoms with van der Waals surface area (Å²) in [7, 11) is 1.94. The average Bonchev–Trinajstić information content (AvgIpc) is 2.37. The third kappa shape index (κ3) is 5.23. The van der Waals surface area contributed by atoms with Gasteiger partial charge < -0.3 is 5.32 Å². The van der Waals surface area contributed by atoms with Crippen molar-refractivity contribution in [3.05, 3.63) is 59.9 Å². The lowest BCUT2D eigenvalue weighted by Crippen LogP contribution is -2.11. The van der Waals surface area contributed by atoms with Crippen molar-refractivity contribution in [2.75, 3.05) is 13.6 Å². The Kier molecular flexibility index (Phi) is 8.47. The zero-order chi connectivity index (χ0) is 14.8. The summed E-state index contributed by atoms with van der Waals surface area (Å²) in [6.07, 6.45) is 7.58. The quantitative estimate of drug-likeness (QED) is 0.537. The molecule has 0 aromatic carbocycles. The number of rotatable bonds is 7. The SMILES string of the molecule is C=C/N=C(/C)C(/C=C\C)=C(C)/C(C=C)=C(/C)CNC. The fourth-order valence-corrected chi connectivity index (χ4v) is 2.04. The van der Waals surface area contributed by atoms with E-state index < -0.39 is 0 Å². The molecule has 0 unspecified atom stereocenters. The maximum atomic E-state index is 4.29. The minimum absolute atomic E-state index is 0.847. The van der Waals surface area contributed by atoms with Crippen molar-refractivity contribution in [3.8, 4) is 0 Å². The fraction of sp³-hybridized carbons (Fsp3) is 0.353. The molecule has 0 aliphatic carbocycles. The highest BCUT2D eigenvalue weighted by molar-refractivity contribution is 6.02. The van der Waals surface area contributed by atoms with Gasteiger partial charge in [0.05, 0.1) is 0 Å². The molecule has 0 atom stereocenters. The van der Waals surface area contributed by atoms with Gasteiger partial charge in [-0.25, -0.2) is 0 Å². The zero-order valence-corrected chi connectivity index (χ0v) is 12.9. The predicted molar refractivity (Wildman–Crippen MR) is 87.6 cm³/mol. The van der Waals surface area contributed by atoms with Crippen LogP contribution in [0.1, 0.15) is 27.7 Å². The van der Waals surface area contributed by atoms with E-state index in [0.717, 1.165) is 17.8 Å². The van der Waals surface area contributed by atoms with E-state index in [2.05, 4.69) is 43.4 Å². The summed E-state index contributed by atoms with van der Waals surface area (Å²) in [5.41, 5.74) is 5.70. The normalized spacial score (nSPS) is 15.1. The van der Waals surface area contributed by atoms with Gasteiger partial charge in [0.15, 0.2) is 0 Å². The second-order valence-electron chi connectivity index (χ2n) is 4.36. The van der Waals surface area contributed by atoms with Crippen LogP contribution in [-0.4, -0.2) is 19.3 Å². The minimum Gasteiger partial charge on any atom is -0.316 e. The van der Waals surface area contributed by atoms with Gasteiger partial charge >= 0.3 is 0 Å². The van der Waals surface area contributed by atoms with Crippen LogP contribution in [0.5, 0.6) is 0 Å². The highest BCUT2D eigenvalue weighted by Crippen LogP contribution is 2.21. The summed E-state index contributed by atoms with van der Waals surface area (Å²) in [5, 5.41) is 3.17. The van der Waals surface area contributed by atoms with E-state index in [9.17, 15) is 0 Å². The molecular formula is C17H26N2. The van der Waals surface area contributed by atoms with Crippen molar-refractivity contribution in [2.45, 2.75) is 27.7 Å². The molecule has 0 rings (SSSR count). The van der Waals surface area contributed by atoms with Gasteiger partial charge in [-0.15, -0.1) is 0 Å². The summed E-state index contributed by atoms with van der Waals surface area (Å²) in [6, 6.07) is 0. The van der Waals surface area contributed by atoms with Gasteiger partial charge in [0, 0.05) is 18.5 Å². The van der Waals surface area contributed by atoms with Crippen LogP contribution in [0.3, 0.4) is 0 Å². The van der Waals surface area contributed by atoms with Crippen molar-refractivity contribution in [2.24, 2.45) is 4.99 Å². The van der Waals surface area contributed by atoms with Gasteiger partial charge in [-0.3, -0.25) is 4.99 Å². The molecular weight excluding hydrogens is 232 g/mol. The van der Waals surface area contributed by atoms with Gasteiger partial charge in [-0.05, 0) is 51.5 Å². The first-order valence-corrected chi connectivity index (χ1v) is 6.49. The lowest BCUT2D eigenvalue weighted by atomic mass is 9.94. The number of aliphatic imine (C=N–C) groups is 1. The lowest BCUT2D eigenvalue weighted by Gasteiger charge is -2.13. The number of hydrogen-bond donors (Lipinski definition) is 1. The predicted octanol–water partition coefficient (Wildman–Crippen LogP) is 4.21. The molecule has 104 valence electrons. The molecule has 0 amide bonds. The molecule has 0 aliphatic rings. The Labute approximate surface area is 118 Å². The zero-order valence-electron chi connectivity index (χ0n) is 12.9. The number of likely N-dealkylation sites (N-methyl/N-ethyl adjacent to an activating group) is 1. The number of nitrogens with zero attached hydrogens (tertiary/aromatic N) is 1. The molecule has 0 fully saturated rings. The van der Waals surface area contributed by atoms with Crippen LogP contribution >= 0.6 is 0 Å². The van der Waals surface area contributed by atoms with E-state index in [1.54, 1.807) is 6.20 Å². The maximum absolute atomic E-state index is 4.29. The van der Waals surface area contributed by atoms with Crippen molar-refractivity contribution in [1.29, 1.82) is 0 Å². The molecule has 0 aliphatic heterocycles. The van der Waals surface area contributed by atoms with Crippen LogP contribution in [0.2, 0.25) is 0 Å². The van der Waals surface area contributed by atoms with Gasteiger partial charge in [-0.2, -0.15) is 0 Å². The first-order valence-electron chi connectivity index (χ1n) is 6.49. The Morgan fingerprint density at radius 2 is 1.79 bits per heavy atom. The third-order valence-corrected chi connectivity index (χ3v) is 2.92. The number of hydrogen-bond acceptors (Lipinski definition) is 2. The van der Waals surface area contributed by atoms with Crippen LogP contribution in [0.4, 0.5) is 0 Å². The third-order valence-electron chi connectivity index (χ3n) is 2.92. The molecule has 0 aromatic rings. The fourth-order valence-electron chi connectivity index (χ4n) is 2.04. The highest BCUT2D eigenvalue weighted by atomic mass is 14.8. The van der Waals surface area contributed by atoms with Crippen molar-refractivity contribution in [1.82, 2.24) is 5.32 Å². The van der Waals surface area contributed by atoms with Gasteiger partial charge in [0.25, 0.3) is 0 Å². The molecule has 0 aromatic heterocycles. The second kappa shape index (κ2) is 9.29. The summed E-state index contributed by atoms with van der Waals surface area (Å²) < 4.78 is 0. The standard InChI is InChI=1S/C17H26N2/c1-8-11-17(15(6)19-10-3)14(5)16(9-2)13(4)12-18-7/h8-11,18H,2-3,12H2,1,4-7H3/b11-8-,16-13-,17-14+,19-15-. The van der Waals surface area contributed by atoms with Gasteiger partial charge in [0.1, 0.15) is 0 Å². The van der Waals surface area contributed by atoms with E-state index in [0.29, 0.717) is 0 Å². The van der Waals surface area contributed by atoms with Crippen LogP contribution in [0.15, 0.2) is 64.9 Å². The molecule has 0 bridgehead atoms. The summed E-state index contributed by atoms with van der Waals surface area (Å²) in [6.45, 7) is 16.7. The van der Waals surface area contributed by atoms with E-state index in [1.165, 1.54) is 16.7 Å². The summed E-state index contributed by atoms with van der Waals surface area (Å²) in [5.74, 6) is 0. The van der Waals surface area contributed by atoms with Gasteiger partial charge in [-0.1, -0.05) is 37.0 Å². The Morgan fingerprint density at radius 3 is 2.21 bits per heavy atom. The Balaban J connectivity index is 5.94. The van der Waals surface area contributed by atoms with Crippen LogP contribution in [-0.2, 0) is 0 Å². The van der Waals surface area contributed by atoms with E-state index in [4.69, 9.17) is 0 Å². The van der Waals surface area contributed by atoms with Crippen LogP contribution < -0.4 is 5.32 Å². The molecule has 0 saturated carbocycles. The van der Waals surface area contributed by atoms with Crippen molar-refractivity contribution < 1.29 is 0 Å². The number of nitrogens with one attached hydrogen (secondary N) is 1. The largest absolute Gasteiger partial charge is 0.316 e. The molecule has 0 spiro atoms. The van der Waals surface area contributed by atoms with Gasteiger partial charge in [0.2, 0.25) is 0 Å². The average molecular weight is 258 g/mol. The number of allylic oxidation sites excluding steroid dienone is 6. The summed E-state index contributed by atoms with van der Waals surface area (Å²) >= 11 is 0. The first kappa shape index (κ1) is 17.3. The smallest absolute Gasteiger partial charge is 0.0447 e. The van der Waals surface area contributed by atoms with Crippen LogP contribution in [0, 0.1) is 0 Å². The first-order chi connectivity index (χ1) is 9.03. The molecule has 19 heavy (non-hydrogen) atoms. The topological polar surface area (TPSA) is 24.4 Å². The molecule has 0 saturated heterocycles. The molecule has 2 nitrogen and oxygen atoms in total. The Bertz CT molecular complexity index is 446. The van der Waals surface area contributed by atoms with E-state index >= 15 is 0 Å². The van der Waals surface area contributed by atoms with E-state index in [1.807, 2.05) is 33.0 Å². The molecule has 2 heteroatoms. The molecule has 0 heterocycles. The minimum atomic E-state index is 0.847. The van der Waals surface area contributed by atoms with Crippen LogP contribution in [0.25, 0.3) is 0 Å². The Hall–Kier alpha value is -1.67. The van der Waals surface area contributed by atoms with Crippen molar-refractivity contribution >= 4 is 5.71 Å². The Morgan fingerprint density at radius 1 is 1.16 bits per heavy atom. The van der Waals surface area contributed by atoms with Crippen molar-refractivity contribution in [3.63, 3.8) is 0 Å². The van der Waals surface area contributed by atoms with E-state index in [-0.39, 0.29) is 0 Å². The lowest BCUT2D eigenvalue weighted by molar-refractivity contribution is 0.873.